The van der Waals surface area contributed by atoms with Crippen molar-refractivity contribution in [2.24, 2.45) is 16.8 Å². The van der Waals surface area contributed by atoms with Crippen molar-refractivity contribution in [1.82, 2.24) is 0 Å². The summed E-state index contributed by atoms with van der Waals surface area (Å²) in [5, 5.41) is 4.97. The van der Waals surface area contributed by atoms with Crippen LogP contribution in [-0.2, 0) is 10.0 Å². The minimum absolute atomic E-state index is 0.00827. The van der Waals surface area contributed by atoms with Gasteiger partial charge in [0.05, 0.1) is 10.6 Å². The first kappa shape index (κ1) is 14.2. The number of rotatable bonds is 2. The van der Waals surface area contributed by atoms with Crippen LogP contribution in [0.2, 0.25) is 0 Å². The van der Waals surface area contributed by atoms with E-state index in [2.05, 4.69) is 6.92 Å². The predicted octanol–water partition coefficient (Wildman–Crippen LogP) is 0.647. The molecule has 1 heterocycles. The van der Waals surface area contributed by atoms with Gasteiger partial charge in [0.15, 0.2) is 0 Å². The topological polar surface area (TPSA) is 89.4 Å². The Morgan fingerprint density at radius 2 is 2.11 bits per heavy atom. The molecule has 0 saturated carbocycles. The Hall–Kier alpha value is -1.18. The van der Waals surface area contributed by atoms with Crippen LogP contribution in [0, 0.1) is 11.7 Å². The van der Waals surface area contributed by atoms with E-state index in [1.165, 1.54) is 12.1 Å². The first-order chi connectivity index (χ1) is 8.79. The van der Waals surface area contributed by atoms with E-state index in [0.717, 1.165) is 12.5 Å². The molecule has 0 spiro atoms. The van der Waals surface area contributed by atoms with Gasteiger partial charge in [-0.25, -0.2) is 17.9 Å². The Morgan fingerprint density at radius 1 is 1.42 bits per heavy atom. The zero-order valence-corrected chi connectivity index (χ0v) is 11.5. The van der Waals surface area contributed by atoms with Gasteiger partial charge >= 0.3 is 0 Å². The van der Waals surface area contributed by atoms with E-state index in [1.54, 1.807) is 0 Å². The van der Waals surface area contributed by atoms with Crippen molar-refractivity contribution in [3.05, 3.63) is 24.0 Å². The lowest BCUT2D eigenvalue weighted by Crippen LogP contribution is -2.47. The first-order valence-electron chi connectivity index (χ1n) is 6.12. The summed E-state index contributed by atoms with van der Waals surface area (Å²) in [6, 6.07) is 3.70. The second-order valence-electron chi connectivity index (χ2n) is 5.03. The van der Waals surface area contributed by atoms with Crippen LogP contribution in [0.1, 0.15) is 13.3 Å². The Morgan fingerprint density at radius 3 is 2.63 bits per heavy atom. The molecule has 19 heavy (non-hydrogen) atoms. The van der Waals surface area contributed by atoms with E-state index in [4.69, 9.17) is 10.9 Å². The van der Waals surface area contributed by atoms with E-state index in [-0.39, 0.29) is 10.9 Å². The maximum Gasteiger partial charge on any atom is 0.238 e. The molecule has 2 atom stereocenters. The third kappa shape index (κ3) is 3.05. The Labute approximate surface area is 112 Å². The zero-order chi connectivity index (χ0) is 14.2. The molecule has 7 heteroatoms. The second-order valence-corrected chi connectivity index (χ2v) is 6.60. The molecule has 1 aromatic carbocycles. The van der Waals surface area contributed by atoms with Crippen LogP contribution in [0.25, 0.3) is 0 Å². The highest BCUT2D eigenvalue weighted by Gasteiger charge is 2.25. The van der Waals surface area contributed by atoms with E-state index < -0.39 is 15.8 Å². The molecular weight excluding hydrogens is 269 g/mol. The van der Waals surface area contributed by atoms with Gasteiger partial charge in [0.1, 0.15) is 5.82 Å². The molecule has 0 bridgehead atoms. The lowest BCUT2D eigenvalue weighted by atomic mass is 9.94. The molecule has 2 rings (SSSR count). The average Bonchev–Trinajstić information content (AvgIpc) is 2.31. The summed E-state index contributed by atoms with van der Waals surface area (Å²) in [7, 11) is -3.88. The van der Waals surface area contributed by atoms with Gasteiger partial charge in [-0.1, -0.05) is 6.92 Å². The molecule has 0 amide bonds. The second kappa shape index (κ2) is 5.07. The van der Waals surface area contributed by atoms with Crippen LogP contribution in [-0.4, -0.2) is 27.5 Å². The molecule has 1 aromatic rings. The van der Waals surface area contributed by atoms with Gasteiger partial charge in [-0.15, -0.1) is 0 Å². The Bertz CT molecular complexity index is 576. The minimum atomic E-state index is -3.88. The molecule has 0 aliphatic carbocycles. The monoisotopic (exact) mass is 287 g/mol. The Balaban J connectivity index is 2.27. The van der Waals surface area contributed by atoms with Crippen LogP contribution < -0.4 is 15.8 Å². The van der Waals surface area contributed by atoms with E-state index in [1.807, 2.05) is 4.90 Å². The third-order valence-corrected chi connectivity index (χ3v) is 4.52. The summed E-state index contributed by atoms with van der Waals surface area (Å²) in [6.45, 7) is 3.34. The van der Waals surface area contributed by atoms with Crippen molar-refractivity contribution in [3.8, 4) is 0 Å². The van der Waals surface area contributed by atoms with Crippen molar-refractivity contribution >= 4 is 15.7 Å². The van der Waals surface area contributed by atoms with Crippen LogP contribution in [0.5, 0.6) is 0 Å². The van der Waals surface area contributed by atoms with E-state index in [9.17, 15) is 12.8 Å². The number of halogens is 1. The Kier molecular flexibility index (Phi) is 3.80. The number of anilines is 1. The van der Waals surface area contributed by atoms with Crippen molar-refractivity contribution in [3.63, 3.8) is 0 Å². The highest BCUT2D eigenvalue weighted by atomic mass is 32.2. The molecule has 106 valence electrons. The lowest BCUT2D eigenvalue weighted by Gasteiger charge is -2.36. The van der Waals surface area contributed by atoms with Gasteiger partial charge < -0.3 is 10.6 Å². The molecule has 4 N–H and O–H groups in total. The minimum Gasteiger partial charge on any atom is -0.368 e. The quantitative estimate of drug-likeness (QED) is 0.835. The van der Waals surface area contributed by atoms with Crippen molar-refractivity contribution in [2.45, 2.75) is 24.3 Å². The molecule has 1 fully saturated rings. The van der Waals surface area contributed by atoms with Crippen molar-refractivity contribution in [1.29, 1.82) is 0 Å². The van der Waals surface area contributed by atoms with Crippen LogP contribution in [0.15, 0.2) is 23.1 Å². The fourth-order valence-corrected chi connectivity index (χ4v) is 2.76. The van der Waals surface area contributed by atoms with Crippen molar-refractivity contribution in [2.75, 3.05) is 18.0 Å². The van der Waals surface area contributed by atoms with Crippen molar-refractivity contribution < 1.29 is 12.8 Å². The number of piperidine rings is 1. The fraction of sp³-hybridized carbons (Fsp3) is 0.500. The van der Waals surface area contributed by atoms with Gasteiger partial charge in [-0.3, -0.25) is 0 Å². The van der Waals surface area contributed by atoms with E-state index >= 15 is 0 Å². The number of hydrogen-bond acceptors (Lipinski definition) is 4. The van der Waals surface area contributed by atoms with Gasteiger partial charge in [0, 0.05) is 19.1 Å². The summed E-state index contributed by atoms with van der Waals surface area (Å²) in [5.74, 6) is -0.184. The first-order valence-corrected chi connectivity index (χ1v) is 7.66. The molecule has 2 unspecified atom stereocenters. The standard InChI is InChI=1S/C12H18FN3O2S/c1-8-4-5-16(7-11(8)14)12-3-2-9(6-10(12)13)19(15,17)18/h2-3,6,8,11H,4-5,7,14H2,1H3,(H2,15,17,18). The zero-order valence-electron chi connectivity index (χ0n) is 10.7. The van der Waals surface area contributed by atoms with Gasteiger partial charge in [-0.05, 0) is 30.5 Å². The molecule has 5 nitrogen and oxygen atoms in total. The summed E-state index contributed by atoms with van der Waals surface area (Å²) in [5.41, 5.74) is 6.35. The summed E-state index contributed by atoms with van der Waals surface area (Å²) < 4.78 is 36.3. The van der Waals surface area contributed by atoms with E-state index in [0.29, 0.717) is 24.7 Å². The molecule has 1 aliphatic rings. The lowest BCUT2D eigenvalue weighted by molar-refractivity contribution is 0.377. The largest absolute Gasteiger partial charge is 0.368 e. The number of hydrogen-bond donors (Lipinski definition) is 2. The number of nitrogens with two attached hydrogens (primary N) is 2. The molecule has 1 saturated heterocycles. The highest BCUT2D eigenvalue weighted by Crippen LogP contribution is 2.26. The van der Waals surface area contributed by atoms with Gasteiger partial charge in [0.2, 0.25) is 10.0 Å². The molecule has 0 aromatic heterocycles. The average molecular weight is 287 g/mol. The molecular formula is C12H18FN3O2S. The maximum absolute atomic E-state index is 14.0. The summed E-state index contributed by atoms with van der Waals surface area (Å²) in [4.78, 5) is 1.62. The molecule has 0 radical (unpaired) electrons. The predicted molar refractivity (Wildman–Crippen MR) is 71.7 cm³/mol. The summed E-state index contributed by atoms with van der Waals surface area (Å²) >= 11 is 0. The van der Waals surface area contributed by atoms with Gasteiger partial charge in [0.25, 0.3) is 0 Å². The molecule has 1 aliphatic heterocycles. The fourth-order valence-electron chi connectivity index (χ4n) is 2.24. The normalized spacial score (nSPS) is 24.5. The smallest absolute Gasteiger partial charge is 0.238 e. The van der Waals surface area contributed by atoms with Crippen LogP contribution in [0.4, 0.5) is 10.1 Å². The number of nitrogens with zero attached hydrogens (tertiary/aromatic N) is 1. The van der Waals surface area contributed by atoms with Crippen LogP contribution in [0.3, 0.4) is 0 Å². The highest BCUT2D eigenvalue weighted by molar-refractivity contribution is 7.89. The number of primary sulfonamides is 1. The SMILES string of the molecule is CC1CCN(c2ccc(S(N)(=O)=O)cc2F)CC1N. The number of benzene rings is 1. The van der Waals surface area contributed by atoms with Crippen LogP contribution >= 0.6 is 0 Å². The van der Waals surface area contributed by atoms with Gasteiger partial charge in [-0.2, -0.15) is 0 Å². The maximum atomic E-state index is 14.0. The number of sulfonamides is 1. The summed E-state index contributed by atoms with van der Waals surface area (Å²) in [6.07, 6.45) is 0.886. The third-order valence-electron chi connectivity index (χ3n) is 3.60.